The predicted octanol–water partition coefficient (Wildman–Crippen LogP) is 3.07. The fraction of sp³-hybridized carbons (Fsp3) is 0.400. The molecule has 4 heteroatoms. The van der Waals surface area contributed by atoms with Gasteiger partial charge in [0.2, 0.25) is 0 Å². The summed E-state index contributed by atoms with van der Waals surface area (Å²) in [6.45, 7) is 5.75. The largest absolute Gasteiger partial charge is 0.491 e. The molecule has 19 heavy (non-hydrogen) atoms. The van der Waals surface area contributed by atoms with Gasteiger partial charge >= 0.3 is 0 Å². The smallest absolute Gasteiger partial charge is 0.142 e. The van der Waals surface area contributed by atoms with Gasteiger partial charge in [0.05, 0.1) is 24.5 Å². The molecule has 1 heterocycles. The summed E-state index contributed by atoms with van der Waals surface area (Å²) in [5.74, 6) is 1.42. The van der Waals surface area contributed by atoms with Gasteiger partial charge in [-0.15, -0.1) is 0 Å². The summed E-state index contributed by atoms with van der Waals surface area (Å²) >= 11 is 0. The highest BCUT2D eigenvalue weighted by Gasteiger charge is 2.05. The lowest BCUT2D eigenvalue weighted by Gasteiger charge is -2.14. The quantitative estimate of drug-likeness (QED) is 0.866. The van der Waals surface area contributed by atoms with E-state index in [2.05, 4.69) is 24.3 Å². The molecular formula is C15H21N3O. The standard InChI is InChI=1S/C15H21N3O/c1-12(2)11-19-15-7-5-4-6-14(15)16-10-13-8-9-17-18(13)3/h4-9,12,16H,10-11H2,1-3H3. The molecule has 0 bridgehead atoms. The second kappa shape index (κ2) is 6.27. The minimum absolute atomic E-state index is 0.519. The van der Waals surface area contributed by atoms with E-state index in [0.29, 0.717) is 5.92 Å². The topological polar surface area (TPSA) is 39.1 Å². The average molecular weight is 259 g/mol. The Morgan fingerprint density at radius 3 is 2.74 bits per heavy atom. The van der Waals surface area contributed by atoms with Crippen LogP contribution in [0.25, 0.3) is 0 Å². The van der Waals surface area contributed by atoms with Crippen molar-refractivity contribution in [3.8, 4) is 5.75 Å². The van der Waals surface area contributed by atoms with Crippen LogP contribution in [0.2, 0.25) is 0 Å². The zero-order chi connectivity index (χ0) is 13.7. The Kier molecular flexibility index (Phi) is 4.44. The summed E-state index contributed by atoms with van der Waals surface area (Å²) in [5.41, 5.74) is 2.16. The van der Waals surface area contributed by atoms with Crippen LogP contribution in [-0.4, -0.2) is 16.4 Å². The number of nitrogens with one attached hydrogen (secondary N) is 1. The first kappa shape index (κ1) is 13.5. The van der Waals surface area contributed by atoms with Crippen LogP contribution in [-0.2, 0) is 13.6 Å². The molecule has 0 spiro atoms. The Hall–Kier alpha value is -1.97. The van der Waals surface area contributed by atoms with Crippen molar-refractivity contribution in [2.75, 3.05) is 11.9 Å². The van der Waals surface area contributed by atoms with E-state index in [1.54, 1.807) is 6.20 Å². The predicted molar refractivity (Wildman–Crippen MR) is 77.3 cm³/mol. The summed E-state index contributed by atoms with van der Waals surface area (Å²) < 4.78 is 7.68. The van der Waals surface area contributed by atoms with Gasteiger partial charge < -0.3 is 10.1 Å². The molecule has 0 aliphatic carbocycles. The van der Waals surface area contributed by atoms with Crippen molar-refractivity contribution in [2.45, 2.75) is 20.4 Å². The number of para-hydroxylation sites is 2. The number of benzene rings is 1. The fourth-order valence-electron chi connectivity index (χ4n) is 1.76. The maximum Gasteiger partial charge on any atom is 0.142 e. The van der Waals surface area contributed by atoms with Crippen molar-refractivity contribution < 1.29 is 4.74 Å². The van der Waals surface area contributed by atoms with Crippen LogP contribution < -0.4 is 10.1 Å². The van der Waals surface area contributed by atoms with E-state index in [9.17, 15) is 0 Å². The minimum atomic E-state index is 0.519. The lowest BCUT2D eigenvalue weighted by atomic mass is 10.2. The molecule has 0 fully saturated rings. The fourth-order valence-corrected chi connectivity index (χ4v) is 1.76. The van der Waals surface area contributed by atoms with Gasteiger partial charge in [0.15, 0.2) is 0 Å². The lowest BCUT2D eigenvalue weighted by Crippen LogP contribution is -2.09. The number of aromatic nitrogens is 2. The van der Waals surface area contributed by atoms with E-state index in [4.69, 9.17) is 4.74 Å². The van der Waals surface area contributed by atoms with Crippen molar-refractivity contribution in [3.63, 3.8) is 0 Å². The Morgan fingerprint density at radius 2 is 2.05 bits per heavy atom. The first-order valence-corrected chi connectivity index (χ1v) is 6.59. The maximum absolute atomic E-state index is 5.81. The van der Waals surface area contributed by atoms with Crippen LogP contribution >= 0.6 is 0 Å². The summed E-state index contributed by atoms with van der Waals surface area (Å²) in [5, 5.41) is 7.55. The molecule has 2 rings (SSSR count). The molecule has 1 aromatic heterocycles. The zero-order valence-electron chi connectivity index (χ0n) is 11.8. The highest BCUT2D eigenvalue weighted by atomic mass is 16.5. The third-order valence-corrected chi connectivity index (χ3v) is 2.84. The monoisotopic (exact) mass is 259 g/mol. The minimum Gasteiger partial charge on any atom is -0.491 e. The van der Waals surface area contributed by atoms with Crippen molar-refractivity contribution in [1.29, 1.82) is 0 Å². The Labute approximate surface area is 114 Å². The molecular weight excluding hydrogens is 238 g/mol. The normalized spacial score (nSPS) is 10.7. The summed E-state index contributed by atoms with van der Waals surface area (Å²) in [7, 11) is 1.94. The molecule has 1 N–H and O–H groups in total. The van der Waals surface area contributed by atoms with Gasteiger partial charge in [0, 0.05) is 13.2 Å². The lowest BCUT2D eigenvalue weighted by molar-refractivity contribution is 0.272. The van der Waals surface area contributed by atoms with Crippen LogP contribution in [0.3, 0.4) is 0 Å². The first-order valence-electron chi connectivity index (χ1n) is 6.59. The third kappa shape index (κ3) is 3.74. The van der Waals surface area contributed by atoms with E-state index in [1.165, 1.54) is 0 Å². The third-order valence-electron chi connectivity index (χ3n) is 2.84. The molecule has 0 atom stereocenters. The van der Waals surface area contributed by atoms with Crippen LogP contribution in [0.1, 0.15) is 19.5 Å². The SMILES string of the molecule is CC(C)COc1ccccc1NCc1ccnn1C. The van der Waals surface area contributed by atoms with Gasteiger partial charge in [0.25, 0.3) is 0 Å². The zero-order valence-corrected chi connectivity index (χ0v) is 11.8. The molecule has 2 aromatic rings. The second-order valence-electron chi connectivity index (χ2n) is 5.00. The van der Waals surface area contributed by atoms with Crippen LogP contribution in [0.15, 0.2) is 36.5 Å². The molecule has 0 radical (unpaired) electrons. The molecule has 102 valence electrons. The number of aryl methyl sites for hydroxylation is 1. The molecule has 0 saturated heterocycles. The molecule has 0 aliphatic rings. The summed E-state index contributed by atoms with van der Waals surface area (Å²) in [4.78, 5) is 0. The Morgan fingerprint density at radius 1 is 1.26 bits per heavy atom. The van der Waals surface area contributed by atoms with Gasteiger partial charge in [0.1, 0.15) is 5.75 Å². The van der Waals surface area contributed by atoms with Crippen LogP contribution in [0.4, 0.5) is 5.69 Å². The van der Waals surface area contributed by atoms with Crippen molar-refractivity contribution in [2.24, 2.45) is 13.0 Å². The Bertz CT molecular complexity index is 520. The van der Waals surface area contributed by atoms with Crippen molar-refractivity contribution in [1.82, 2.24) is 9.78 Å². The molecule has 1 aromatic carbocycles. The highest BCUT2D eigenvalue weighted by molar-refractivity contribution is 5.56. The number of hydrogen-bond acceptors (Lipinski definition) is 3. The van der Waals surface area contributed by atoms with E-state index in [-0.39, 0.29) is 0 Å². The van der Waals surface area contributed by atoms with Crippen molar-refractivity contribution >= 4 is 5.69 Å². The number of hydrogen-bond donors (Lipinski definition) is 1. The van der Waals surface area contributed by atoms with E-state index < -0.39 is 0 Å². The van der Waals surface area contributed by atoms with Gasteiger partial charge in [-0.3, -0.25) is 4.68 Å². The average Bonchev–Trinajstić information content (AvgIpc) is 2.80. The van der Waals surface area contributed by atoms with Crippen LogP contribution in [0.5, 0.6) is 5.75 Å². The Balaban J connectivity index is 2.01. The van der Waals surface area contributed by atoms with Gasteiger partial charge in [-0.2, -0.15) is 5.10 Å². The van der Waals surface area contributed by atoms with E-state index in [0.717, 1.165) is 30.3 Å². The van der Waals surface area contributed by atoms with E-state index >= 15 is 0 Å². The first-order chi connectivity index (χ1) is 9.16. The summed E-state index contributed by atoms with van der Waals surface area (Å²) in [6.07, 6.45) is 1.80. The number of rotatable bonds is 6. The number of nitrogens with zero attached hydrogens (tertiary/aromatic N) is 2. The number of anilines is 1. The van der Waals surface area contributed by atoms with Crippen LogP contribution in [0, 0.1) is 5.92 Å². The second-order valence-corrected chi connectivity index (χ2v) is 5.00. The molecule has 0 saturated carbocycles. The van der Waals surface area contributed by atoms with Gasteiger partial charge in [-0.1, -0.05) is 26.0 Å². The van der Waals surface area contributed by atoms with E-state index in [1.807, 2.05) is 42.1 Å². The van der Waals surface area contributed by atoms with Gasteiger partial charge in [-0.25, -0.2) is 0 Å². The van der Waals surface area contributed by atoms with Gasteiger partial charge in [-0.05, 0) is 24.1 Å². The maximum atomic E-state index is 5.81. The number of ether oxygens (including phenoxy) is 1. The molecule has 0 unspecified atom stereocenters. The molecule has 4 nitrogen and oxygen atoms in total. The molecule has 0 aliphatic heterocycles. The highest BCUT2D eigenvalue weighted by Crippen LogP contribution is 2.24. The van der Waals surface area contributed by atoms with Crippen molar-refractivity contribution in [3.05, 3.63) is 42.2 Å². The molecule has 0 amide bonds. The summed E-state index contributed by atoms with van der Waals surface area (Å²) in [6, 6.07) is 10.0.